The van der Waals surface area contributed by atoms with Crippen LogP contribution < -0.4 is 5.32 Å². The molecule has 2 atom stereocenters. The Morgan fingerprint density at radius 1 is 0.930 bits per heavy atom. The highest BCUT2D eigenvalue weighted by Gasteiger charge is 2.49. The van der Waals surface area contributed by atoms with Gasteiger partial charge in [0.15, 0.2) is 9.84 Å². The number of alkyl halides is 3. The van der Waals surface area contributed by atoms with Gasteiger partial charge in [-0.2, -0.15) is 18.4 Å². The molecule has 0 saturated carbocycles. The summed E-state index contributed by atoms with van der Waals surface area (Å²) in [6.45, 7) is -0.847. The van der Waals surface area contributed by atoms with Crippen molar-refractivity contribution >= 4 is 38.9 Å². The van der Waals surface area contributed by atoms with Crippen molar-refractivity contribution in [2.75, 3.05) is 6.54 Å². The number of aromatic hydroxyl groups is 1. The van der Waals surface area contributed by atoms with Crippen LogP contribution >= 0.6 is 23.2 Å². The molecule has 0 aromatic heterocycles. The van der Waals surface area contributed by atoms with Gasteiger partial charge in [0.05, 0.1) is 33.2 Å². The van der Waals surface area contributed by atoms with E-state index in [1.165, 1.54) is 60.7 Å². The molecule has 0 saturated heterocycles. The van der Waals surface area contributed by atoms with Crippen LogP contribution in [0.2, 0.25) is 10.0 Å². The van der Waals surface area contributed by atoms with Crippen molar-refractivity contribution < 1.29 is 36.6 Å². The van der Waals surface area contributed by atoms with E-state index in [2.05, 4.69) is 5.32 Å². The highest BCUT2D eigenvalue weighted by Crippen LogP contribution is 2.45. The molecular formula is C30H21Cl2F3N2O5S. The molecule has 0 radical (unpaired) electrons. The topological polar surface area (TPSA) is 127 Å². The molecule has 13 heteroatoms. The number of nitriles is 1. The number of hydrogen-bond acceptors (Lipinski definition) is 6. The SMILES string of the molecule is N#Cc1ccc(C(C(O)(CNC(=O)c2ccccc2O)c2ccc(C(F)(F)F)cc2)S(=O)(=O)c2ccc(Cl)cc2)cc1Cl. The van der Waals surface area contributed by atoms with Gasteiger partial charge < -0.3 is 15.5 Å². The number of hydrogen-bond donors (Lipinski definition) is 3. The van der Waals surface area contributed by atoms with Crippen LogP contribution in [0.25, 0.3) is 0 Å². The second kappa shape index (κ2) is 12.3. The molecule has 0 aliphatic carbocycles. The number of nitrogens with one attached hydrogen (secondary N) is 1. The number of para-hydroxylation sites is 1. The second-order valence-corrected chi connectivity index (χ2v) is 12.3. The van der Waals surface area contributed by atoms with Crippen LogP contribution in [-0.2, 0) is 21.6 Å². The molecule has 4 aromatic rings. The number of carbonyl (C=O) groups is 1. The zero-order valence-corrected chi connectivity index (χ0v) is 24.1. The first kappa shape index (κ1) is 31.8. The molecule has 0 fully saturated rings. The van der Waals surface area contributed by atoms with Crippen LogP contribution in [0.3, 0.4) is 0 Å². The number of sulfone groups is 1. The number of carbonyl (C=O) groups excluding carboxylic acids is 1. The van der Waals surface area contributed by atoms with Crippen molar-refractivity contribution in [2.24, 2.45) is 0 Å². The van der Waals surface area contributed by atoms with E-state index in [9.17, 15) is 41.9 Å². The van der Waals surface area contributed by atoms with Crippen LogP contribution in [0.1, 0.15) is 37.9 Å². The molecule has 3 N–H and O–H groups in total. The number of amides is 1. The summed E-state index contributed by atoms with van der Waals surface area (Å²) in [5.41, 5.74) is -4.32. The number of nitrogens with zero attached hydrogens (tertiary/aromatic N) is 1. The summed E-state index contributed by atoms with van der Waals surface area (Å²) >= 11 is 12.2. The van der Waals surface area contributed by atoms with Crippen LogP contribution in [0.15, 0.2) is 95.9 Å². The van der Waals surface area contributed by atoms with Gasteiger partial charge >= 0.3 is 6.18 Å². The minimum Gasteiger partial charge on any atom is -0.507 e. The average Bonchev–Trinajstić information content (AvgIpc) is 2.96. The van der Waals surface area contributed by atoms with Crippen LogP contribution in [0.5, 0.6) is 5.75 Å². The van der Waals surface area contributed by atoms with Gasteiger partial charge in [-0.3, -0.25) is 4.79 Å². The van der Waals surface area contributed by atoms with E-state index in [4.69, 9.17) is 23.2 Å². The summed E-state index contributed by atoms with van der Waals surface area (Å²) in [6, 6.07) is 19.0. The largest absolute Gasteiger partial charge is 0.507 e. The molecule has 2 unspecified atom stereocenters. The number of phenols is 1. The molecule has 0 spiro atoms. The van der Waals surface area contributed by atoms with Gasteiger partial charge in [-0.15, -0.1) is 0 Å². The standard InChI is InChI=1S/C30H21Cl2F3N2O5S/c31-22-11-13-23(14-12-22)43(41,42)27(18-5-6-19(16-36)25(32)15-18)29(40,20-7-9-21(10-8-20)30(33,34)35)17-37-28(39)24-3-1-2-4-26(24)38/h1-15,27,38,40H,17H2,(H,37,39). The molecule has 0 aliphatic rings. The summed E-state index contributed by atoms with van der Waals surface area (Å²) in [5, 5.41) is 32.3. The molecule has 43 heavy (non-hydrogen) atoms. The molecule has 0 bridgehead atoms. The predicted octanol–water partition coefficient (Wildman–Crippen LogP) is 6.42. The third-order valence-corrected chi connectivity index (χ3v) is 9.46. The van der Waals surface area contributed by atoms with E-state index in [0.29, 0.717) is 12.1 Å². The maximum atomic E-state index is 14.3. The lowest BCUT2D eigenvalue weighted by Gasteiger charge is -2.37. The molecule has 1 amide bonds. The van der Waals surface area contributed by atoms with Crippen molar-refractivity contribution in [3.05, 3.63) is 129 Å². The van der Waals surface area contributed by atoms with Gasteiger partial charge in [0.2, 0.25) is 0 Å². The van der Waals surface area contributed by atoms with Crippen molar-refractivity contribution in [3.63, 3.8) is 0 Å². The van der Waals surface area contributed by atoms with Crippen molar-refractivity contribution in [1.29, 1.82) is 5.26 Å². The Kier molecular flexibility index (Phi) is 9.08. The minimum atomic E-state index is -4.73. The molecule has 222 valence electrons. The third kappa shape index (κ3) is 6.63. The Bertz CT molecular complexity index is 1810. The Balaban J connectivity index is 1.95. The minimum absolute atomic E-state index is 0.000942. The summed E-state index contributed by atoms with van der Waals surface area (Å²) in [7, 11) is -4.65. The number of halogens is 5. The lowest BCUT2D eigenvalue weighted by molar-refractivity contribution is -0.137. The van der Waals surface area contributed by atoms with Crippen molar-refractivity contribution in [3.8, 4) is 11.8 Å². The summed E-state index contributed by atoms with van der Waals surface area (Å²) in [6.07, 6.45) is -4.73. The monoisotopic (exact) mass is 648 g/mol. The van der Waals surface area contributed by atoms with Gasteiger partial charge in [-0.05, 0) is 71.8 Å². The first-order chi connectivity index (χ1) is 20.2. The maximum absolute atomic E-state index is 14.3. The number of benzene rings is 4. The first-order valence-electron chi connectivity index (χ1n) is 12.3. The fourth-order valence-electron chi connectivity index (χ4n) is 4.53. The van der Waals surface area contributed by atoms with E-state index in [0.717, 1.165) is 18.2 Å². The molecular weight excluding hydrogens is 628 g/mol. The summed E-state index contributed by atoms with van der Waals surface area (Å²) < 4.78 is 68.7. The number of aliphatic hydroxyl groups is 1. The fourth-order valence-corrected chi connectivity index (χ4v) is 6.91. The van der Waals surface area contributed by atoms with Gasteiger partial charge in [-0.1, -0.05) is 53.5 Å². The third-order valence-electron chi connectivity index (χ3n) is 6.68. The Hall–Kier alpha value is -4.08. The molecule has 0 aliphatic heterocycles. The molecule has 0 heterocycles. The Morgan fingerprint density at radius 3 is 2.09 bits per heavy atom. The second-order valence-electron chi connectivity index (χ2n) is 9.43. The van der Waals surface area contributed by atoms with E-state index in [1.807, 2.05) is 6.07 Å². The van der Waals surface area contributed by atoms with E-state index < -0.39 is 50.6 Å². The predicted molar refractivity (Wildman–Crippen MR) is 153 cm³/mol. The molecule has 4 aromatic carbocycles. The molecule has 7 nitrogen and oxygen atoms in total. The van der Waals surface area contributed by atoms with Gasteiger partial charge in [-0.25, -0.2) is 8.42 Å². The van der Waals surface area contributed by atoms with Crippen LogP contribution in [0.4, 0.5) is 13.2 Å². The summed E-state index contributed by atoms with van der Waals surface area (Å²) in [4.78, 5) is 12.7. The number of phenolic OH excluding ortho intramolecular Hbond substituents is 1. The zero-order valence-electron chi connectivity index (χ0n) is 21.8. The Labute approximate surface area is 254 Å². The van der Waals surface area contributed by atoms with Gasteiger partial charge in [0, 0.05) is 5.02 Å². The average molecular weight is 649 g/mol. The fraction of sp³-hybridized carbons (Fsp3) is 0.133. The quantitative estimate of drug-likeness (QED) is 0.202. The van der Waals surface area contributed by atoms with E-state index >= 15 is 0 Å². The normalized spacial score (nSPS) is 13.9. The van der Waals surface area contributed by atoms with Crippen LogP contribution in [0, 0.1) is 11.3 Å². The maximum Gasteiger partial charge on any atom is 0.416 e. The highest BCUT2D eigenvalue weighted by molar-refractivity contribution is 7.91. The van der Waals surface area contributed by atoms with Crippen LogP contribution in [-0.4, -0.2) is 31.1 Å². The highest BCUT2D eigenvalue weighted by atomic mass is 35.5. The van der Waals surface area contributed by atoms with Crippen molar-refractivity contribution in [2.45, 2.75) is 21.9 Å². The zero-order chi connectivity index (χ0) is 31.6. The summed E-state index contributed by atoms with van der Waals surface area (Å²) in [5.74, 6) is -1.30. The first-order valence-corrected chi connectivity index (χ1v) is 14.6. The lowest BCUT2D eigenvalue weighted by Crippen LogP contribution is -2.47. The smallest absolute Gasteiger partial charge is 0.416 e. The van der Waals surface area contributed by atoms with Gasteiger partial charge in [0.1, 0.15) is 22.7 Å². The number of rotatable bonds is 8. The van der Waals surface area contributed by atoms with E-state index in [-0.39, 0.29) is 37.2 Å². The van der Waals surface area contributed by atoms with Gasteiger partial charge in [0.25, 0.3) is 5.91 Å². The lowest BCUT2D eigenvalue weighted by atomic mass is 9.85. The van der Waals surface area contributed by atoms with Crippen molar-refractivity contribution in [1.82, 2.24) is 5.32 Å². The Morgan fingerprint density at radius 2 is 1.53 bits per heavy atom. The van der Waals surface area contributed by atoms with E-state index in [1.54, 1.807) is 0 Å². The molecule has 4 rings (SSSR count).